The molecule has 1 saturated heterocycles. The standard InChI is InChI=1S/C30H34N8O/c31-29-33-30(32-23-11-8-19-9-12-24(13-10-21(19)16-23)37-15-14-25(39)18-37)36-38(29)27-17-22-6-3-5-20-4-1-2-7-26(20)28(22)35-34-27/h1-2,4,7-8,11,16-17,24-25,39H,3,5-6,9-10,12-15,18H2,(H3,31,32,33,36). The van der Waals surface area contributed by atoms with E-state index in [-0.39, 0.29) is 12.1 Å². The molecule has 2 atom stereocenters. The number of nitrogen functional groups attached to an aromatic ring is 1. The van der Waals surface area contributed by atoms with Crippen molar-refractivity contribution in [3.63, 3.8) is 0 Å². The Morgan fingerprint density at radius 2 is 1.72 bits per heavy atom. The van der Waals surface area contributed by atoms with Crippen molar-refractivity contribution < 1.29 is 5.11 Å². The molecule has 4 N–H and O–H groups in total. The van der Waals surface area contributed by atoms with Gasteiger partial charge in [0.25, 0.3) is 0 Å². The van der Waals surface area contributed by atoms with E-state index in [0.29, 0.717) is 17.8 Å². The first-order valence-electron chi connectivity index (χ1n) is 14.1. The molecule has 2 unspecified atom stereocenters. The average molecular weight is 523 g/mol. The van der Waals surface area contributed by atoms with Gasteiger partial charge in [-0.15, -0.1) is 15.3 Å². The van der Waals surface area contributed by atoms with E-state index in [9.17, 15) is 5.11 Å². The number of aromatic nitrogens is 5. The number of benzene rings is 2. The fourth-order valence-electron chi connectivity index (χ4n) is 6.49. The average Bonchev–Trinajstić information content (AvgIpc) is 3.40. The first-order valence-corrected chi connectivity index (χ1v) is 14.1. The predicted molar refractivity (Wildman–Crippen MR) is 151 cm³/mol. The van der Waals surface area contributed by atoms with Crippen molar-refractivity contribution in [1.82, 2.24) is 29.9 Å². The highest BCUT2D eigenvalue weighted by Crippen LogP contribution is 2.32. The van der Waals surface area contributed by atoms with Crippen molar-refractivity contribution in [3.05, 3.63) is 70.8 Å². The zero-order valence-electron chi connectivity index (χ0n) is 22.1. The van der Waals surface area contributed by atoms with Gasteiger partial charge in [-0.05, 0) is 91.8 Å². The van der Waals surface area contributed by atoms with Gasteiger partial charge in [-0.25, -0.2) is 0 Å². The summed E-state index contributed by atoms with van der Waals surface area (Å²) in [4.78, 5) is 6.94. The quantitative estimate of drug-likeness (QED) is 0.346. The maximum atomic E-state index is 9.96. The summed E-state index contributed by atoms with van der Waals surface area (Å²) in [5.74, 6) is 1.28. The van der Waals surface area contributed by atoms with Crippen LogP contribution in [0.4, 0.5) is 17.6 Å². The molecule has 200 valence electrons. The second-order valence-electron chi connectivity index (χ2n) is 11.1. The lowest BCUT2D eigenvalue weighted by Gasteiger charge is -2.26. The van der Waals surface area contributed by atoms with Gasteiger partial charge in [-0.3, -0.25) is 4.90 Å². The highest BCUT2D eigenvalue weighted by molar-refractivity contribution is 5.68. The molecule has 9 nitrogen and oxygen atoms in total. The smallest absolute Gasteiger partial charge is 0.248 e. The summed E-state index contributed by atoms with van der Waals surface area (Å²) in [6.07, 6.45) is 8.10. The number of β-amino-alcohol motifs (C(OH)–C–C–N with tert-alkyl or cyclic N) is 1. The molecule has 1 aliphatic heterocycles. The Kier molecular flexibility index (Phi) is 6.25. The number of nitrogens with two attached hydrogens (primary N) is 1. The van der Waals surface area contributed by atoms with Crippen LogP contribution in [0.15, 0.2) is 48.5 Å². The fraction of sp³-hybridized carbons (Fsp3) is 0.400. The molecule has 2 aliphatic carbocycles. The zero-order valence-corrected chi connectivity index (χ0v) is 22.1. The van der Waals surface area contributed by atoms with Gasteiger partial charge >= 0.3 is 0 Å². The summed E-state index contributed by atoms with van der Waals surface area (Å²) < 4.78 is 1.56. The summed E-state index contributed by atoms with van der Waals surface area (Å²) in [5, 5.41) is 27.0. The van der Waals surface area contributed by atoms with Crippen LogP contribution in [-0.2, 0) is 25.7 Å². The second kappa shape index (κ2) is 10.1. The van der Waals surface area contributed by atoms with Crippen molar-refractivity contribution in [2.45, 2.75) is 63.5 Å². The lowest BCUT2D eigenvalue weighted by Crippen LogP contribution is -2.34. The summed E-state index contributed by atoms with van der Waals surface area (Å²) in [7, 11) is 0. The van der Waals surface area contributed by atoms with Gasteiger partial charge in [0, 0.05) is 30.4 Å². The molecular weight excluding hydrogens is 488 g/mol. The Balaban J connectivity index is 1.09. The minimum atomic E-state index is -0.167. The number of hydrogen-bond donors (Lipinski definition) is 3. The number of aliphatic hydroxyl groups is 1. The molecule has 7 rings (SSSR count). The van der Waals surface area contributed by atoms with Crippen molar-refractivity contribution in [2.24, 2.45) is 0 Å². The summed E-state index contributed by atoms with van der Waals surface area (Å²) in [6.45, 7) is 1.82. The zero-order chi connectivity index (χ0) is 26.3. The van der Waals surface area contributed by atoms with Crippen LogP contribution in [0.2, 0.25) is 0 Å². The van der Waals surface area contributed by atoms with Gasteiger partial charge in [0.15, 0.2) is 5.82 Å². The van der Waals surface area contributed by atoms with Gasteiger partial charge in [0.2, 0.25) is 11.9 Å². The normalized spacial score (nSPS) is 20.9. The predicted octanol–water partition coefficient (Wildman–Crippen LogP) is 3.85. The SMILES string of the molecule is Nc1nc(Nc2ccc3c(c2)CCC(N2CCC(O)C2)CC3)nn1-c1cc2c(nn1)-c1ccccc1CCC2. The van der Waals surface area contributed by atoms with Crippen LogP contribution in [0.3, 0.4) is 0 Å². The van der Waals surface area contributed by atoms with Gasteiger partial charge < -0.3 is 16.2 Å². The third-order valence-corrected chi connectivity index (χ3v) is 8.54. The van der Waals surface area contributed by atoms with Crippen LogP contribution < -0.4 is 11.1 Å². The number of nitrogens with one attached hydrogen (secondary N) is 1. The number of aryl methyl sites for hydroxylation is 4. The van der Waals surface area contributed by atoms with Crippen LogP contribution in [0.1, 0.15) is 47.9 Å². The maximum absolute atomic E-state index is 9.96. The van der Waals surface area contributed by atoms with Gasteiger partial charge in [-0.1, -0.05) is 30.3 Å². The van der Waals surface area contributed by atoms with Crippen molar-refractivity contribution in [3.8, 4) is 17.1 Å². The lowest BCUT2D eigenvalue weighted by molar-refractivity contribution is 0.153. The molecule has 0 radical (unpaired) electrons. The Morgan fingerprint density at radius 1 is 0.872 bits per heavy atom. The molecule has 9 heteroatoms. The van der Waals surface area contributed by atoms with E-state index in [0.717, 1.165) is 87.0 Å². The minimum absolute atomic E-state index is 0.167. The monoisotopic (exact) mass is 522 g/mol. The lowest BCUT2D eigenvalue weighted by atomic mass is 10.0. The number of rotatable bonds is 4. The highest BCUT2D eigenvalue weighted by atomic mass is 16.3. The molecule has 2 aromatic carbocycles. The molecule has 3 heterocycles. The summed E-state index contributed by atoms with van der Waals surface area (Å²) >= 11 is 0. The van der Waals surface area contributed by atoms with Crippen LogP contribution in [0.5, 0.6) is 0 Å². The molecule has 0 amide bonds. The summed E-state index contributed by atoms with van der Waals surface area (Å²) in [6, 6.07) is 17.5. The second-order valence-corrected chi connectivity index (χ2v) is 11.1. The van der Waals surface area contributed by atoms with E-state index in [1.807, 2.05) is 6.07 Å². The molecule has 1 fully saturated rings. The topological polar surface area (TPSA) is 118 Å². The number of nitrogens with zero attached hydrogens (tertiary/aromatic N) is 6. The number of hydrogen-bond acceptors (Lipinski definition) is 8. The molecule has 3 aliphatic rings. The molecule has 39 heavy (non-hydrogen) atoms. The number of likely N-dealkylation sites (tertiary alicyclic amines) is 1. The van der Waals surface area contributed by atoms with E-state index >= 15 is 0 Å². The number of anilines is 3. The number of fused-ring (bicyclic) bond motifs is 4. The minimum Gasteiger partial charge on any atom is -0.392 e. The van der Waals surface area contributed by atoms with Crippen LogP contribution in [-0.4, -0.2) is 60.2 Å². The first kappa shape index (κ1) is 24.2. The Labute approximate surface area is 228 Å². The molecular formula is C30H34N8O. The Bertz CT molecular complexity index is 1510. The molecule has 2 aromatic heterocycles. The highest BCUT2D eigenvalue weighted by Gasteiger charge is 2.28. The molecule has 0 spiro atoms. The van der Waals surface area contributed by atoms with Gasteiger partial charge in [-0.2, -0.15) is 9.67 Å². The van der Waals surface area contributed by atoms with E-state index in [4.69, 9.17) is 5.73 Å². The maximum Gasteiger partial charge on any atom is 0.248 e. The van der Waals surface area contributed by atoms with Crippen molar-refractivity contribution in [2.75, 3.05) is 24.1 Å². The Morgan fingerprint density at radius 3 is 2.59 bits per heavy atom. The molecule has 0 bridgehead atoms. The largest absolute Gasteiger partial charge is 0.392 e. The third kappa shape index (κ3) is 4.77. The van der Waals surface area contributed by atoms with Crippen LogP contribution in [0, 0.1) is 0 Å². The van der Waals surface area contributed by atoms with Crippen LogP contribution in [0.25, 0.3) is 17.1 Å². The third-order valence-electron chi connectivity index (χ3n) is 8.54. The van der Waals surface area contributed by atoms with E-state index in [2.05, 4.69) is 73.0 Å². The van der Waals surface area contributed by atoms with E-state index < -0.39 is 0 Å². The molecule has 0 saturated carbocycles. The summed E-state index contributed by atoms with van der Waals surface area (Å²) in [5.41, 5.74) is 14.6. The van der Waals surface area contributed by atoms with Gasteiger partial charge in [0.1, 0.15) is 0 Å². The van der Waals surface area contributed by atoms with E-state index in [1.54, 1.807) is 4.68 Å². The Hall–Kier alpha value is -3.82. The van der Waals surface area contributed by atoms with E-state index in [1.165, 1.54) is 16.7 Å². The van der Waals surface area contributed by atoms with Crippen molar-refractivity contribution in [1.29, 1.82) is 0 Å². The molecule has 4 aromatic rings. The van der Waals surface area contributed by atoms with Gasteiger partial charge in [0.05, 0.1) is 11.8 Å². The number of aliphatic hydroxyl groups excluding tert-OH is 1. The first-order chi connectivity index (χ1) is 19.1. The fourth-order valence-corrected chi connectivity index (χ4v) is 6.49. The van der Waals surface area contributed by atoms with Crippen LogP contribution >= 0.6 is 0 Å². The van der Waals surface area contributed by atoms with Crippen molar-refractivity contribution >= 4 is 17.6 Å².